The molecule has 0 spiro atoms. The molecule has 0 bridgehead atoms. The van der Waals surface area contributed by atoms with Gasteiger partial charge >= 0.3 is 5.97 Å². The molecular formula is C20H17IN2O3. The molecule has 132 valence electrons. The van der Waals surface area contributed by atoms with E-state index in [0.717, 1.165) is 14.5 Å². The number of carbonyl (C=O) groups excluding carboxylic acids is 2. The number of amides is 1. The van der Waals surface area contributed by atoms with Gasteiger partial charge in [0.15, 0.2) is 0 Å². The highest BCUT2D eigenvalue weighted by Gasteiger charge is 2.23. The van der Waals surface area contributed by atoms with E-state index in [2.05, 4.69) is 32.9 Å². The molecule has 0 aliphatic carbocycles. The second-order valence-corrected chi connectivity index (χ2v) is 7.01. The van der Waals surface area contributed by atoms with Crippen LogP contribution in [0.25, 0.3) is 10.9 Å². The lowest BCUT2D eigenvalue weighted by molar-refractivity contribution is -0.142. The number of pyridine rings is 1. The quantitative estimate of drug-likeness (QED) is 0.469. The topological polar surface area (TPSA) is 68.3 Å². The SMILES string of the molecule is COC(=O)[C@@H](Cc1cccc(I)c1)NC(=O)c1cccc2cccnc12. The number of benzene rings is 2. The van der Waals surface area contributed by atoms with Crippen LogP contribution in [0.3, 0.4) is 0 Å². The lowest BCUT2D eigenvalue weighted by Crippen LogP contribution is -2.43. The fourth-order valence-corrected chi connectivity index (χ4v) is 3.37. The average Bonchev–Trinajstić information content (AvgIpc) is 2.66. The number of hydrogen-bond donors (Lipinski definition) is 1. The van der Waals surface area contributed by atoms with Crippen LogP contribution in [0, 0.1) is 3.57 Å². The van der Waals surface area contributed by atoms with Gasteiger partial charge in [-0.25, -0.2) is 4.79 Å². The maximum absolute atomic E-state index is 12.8. The molecule has 26 heavy (non-hydrogen) atoms. The molecule has 3 aromatic rings. The molecule has 2 aromatic carbocycles. The van der Waals surface area contributed by atoms with E-state index in [1.807, 2.05) is 42.5 Å². The van der Waals surface area contributed by atoms with Crippen LogP contribution in [0.15, 0.2) is 60.8 Å². The van der Waals surface area contributed by atoms with Crippen LogP contribution < -0.4 is 5.32 Å². The summed E-state index contributed by atoms with van der Waals surface area (Å²) in [5, 5.41) is 3.66. The Kier molecular flexibility index (Phi) is 5.82. The Morgan fingerprint density at radius 3 is 2.69 bits per heavy atom. The molecule has 0 aliphatic rings. The Morgan fingerprint density at radius 1 is 1.15 bits per heavy atom. The van der Waals surface area contributed by atoms with Crippen molar-refractivity contribution in [3.05, 3.63) is 75.5 Å². The van der Waals surface area contributed by atoms with Gasteiger partial charge in [-0.15, -0.1) is 0 Å². The van der Waals surface area contributed by atoms with Gasteiger partial charge in [0.05, 0.1) is 18.2 Å². The van der Waals surface area contributed by atoms with E-state index in [1.54, 1.807) is 18.3 Å². The first-order valence-electron chi connectivity index (χ1n) is 8.05. The highest BCUT2D eigenvalue weighted by Crippen LogP contribution is 2.17. The third kappa shape index (κ3) is 4.19. The predicted octanol–water partition coefficient (Wildman–Crippen LogP) is 3.35. The number of hydrogen-bond acceptors (Lipinski definition) is 4. The van der Waals surface area contributed by atoms with Crippen molar-refractivity contribution in [2.75, 3.05) is 7.11 Å². The normalized spacial score (nSPS) is 11.8. The summed E-state index contributed by atoms with van der Waals surface area (Å²) in [5.74, 6) is -0.833. The molecule has 5 nitrogen and oxygen atoms in total. The van der Waals surface area contributed by atoms with Crippen molar-refractivity contribution in [2.45, 2.75) is 12.5 Å². The summed E-state index contributed by atoms with van der Waals surface area (Å²) in [5.41, 5.74) is 1.98. The van der Waals surface area contributed by atoms with Crippen LogP contribution in [-0.2, 0) is 16.0 Å². The molecule has 1 amide bonds. The minimum Gasteiger partial charge on any atom is -0.467 e. The van der Waals surface area contributed by atoms with E-state index in [0.29, 0.717) is 17.5 Å². The molecule has 1 atom stereocenters. The number of nitrogens with one attached hydrogen (secondary N) is 1. The Morgan fingerprint density at radius 2 is 1.92 bits per heavy atom. The van der Waals surface area contributed by atoms with E-state index in [-0.39, 0.29) is 5.91 Å². The standard InChI is InChI=1S/C20H17IN2O3/c1-26-20(25)17(12-13-5-2-8-15(21)11-13)23-19(24)16-9-3-6-14-7-4-10-22-18(14)16/h2-11,17H,12H2,1H3,(H,23,24)/t17-/m1/s1. The van der Waals surface area contributed by atoms with Gasteiger partial charge < -0.3 is 10.1 Å². The Bertz CT molecular complexity index is 953. The van der Waals surface area contributed by atoms with Crippen molar-refractivity contribution in [3.63, 3.8) is 0 Å². The number of fused-ring (bicyclic) bond motifs is 1. The lowest BCUT2D eigenvalue weighted by Gasteiger charge is -2.17. The fraction of sp³-hybridized carbons (Fsp3) is 0.150. The Hall–Kier alpha value is -2.48. The summed E-state index contributed by atoms with van der Waals surface area (Å²) >= 11 is 2.21. The third-order valence-corrected chi connectivity index (χ3v) is 4.67. The van der Waals surface area contributed by atoms with Gasteiger partial charge in [-0.2, -0.15) is 0 Å². The van der Waals surface area contributed by atoms with E-state index >= 15 is 0 Å². The van der Waals surface area contributed by atoms with E-state index in [4.69, 9.17) is 4.74 Å². The largest absolute Gasteiger partial charge is 0.467 e. The van der Waals surface area contributed by atoms with E-state index < -0.39 is 12.0 Å². The van der Waals surface area contributed by atoms with E-state index in [9.17, 15) is 9.59 Å². The minimum absolute atomic E-state index is 0.352. The number of nitrogens with zero attached hydrogens (tertiary/aromatic N) is 1. The maximum atomic E-state index is 12.8. The number of aromatic nitrogens is 1. The van der Waals surface area contributed by atoms with Crippen molar-refractivity contribution in [1.29, 1.82) is 0 Å². The maximum Gasteiger partial charge on any atom is 0.328 e. The van der Waals surface area contributed by atoms with Gasteiger partial charge in [0.25, 0.3) is 5.91 Å². The monoisotopic (exact) mass is 460 g/mol. The van der Waals surface area contributed by atoms with Gasteiger partial charge in [0.2, 0.25) is 0 Å². The van der Waals surface area contributed by atoms with Crippen molar-refractivity contribution in [2.24, 2.45) is 0 Å². The first-order valence-corrected chi connectivity index (χ1v) is 9.13. The second kappa shape index (κ2) is 8.27. The highest BCUT2D eigenvalue weighted by molar-refractivity contribution is 14.1. The summed E-state index contributed by atoms with van der Waals surface area (Å²) in [7, 11) is 1.32. The van der Waals surface area contributed by atoms with Crippen LogP contribution in [0.1, 0.15) is 15.9 Å². The Labute approximate surface area is 164 Å². The van der Waals surface area contributed by atoms with Gasteiger partial charge in [-0.1, -0.05) is 30.3 Å². The third-order valence-electron chi connectivity index (χ3n) is 4.00. The Balaban J connectivity index is 1.86. The number of carbonyl (C=O) groups is 2. The van der Waals surface area contributed by atoms with E-state index in [1.165, 1.54) is 7.11 Å². The molecule has 0 radical (unpaired) electrons. The summed E-state index contributed by atoms with van der Waals surface area (Å²) < 4.78 is 5.93. The summed E-state index contributed by atoms with van der Waals surface area (Å²) in [4.78, 5) is 29.3. The molecule has 3 rings (SSSR count). The second-order valence-electron chi connectivity index (χ2n) is 5.76. The predicted molar refractivity (Wildman–Crippen MR) is 108 cm³/mol. The number of esters is 1. The zero-order chi connectivity index (χ0) is 18.5. The number of ether oxygens (including phenoxy) is 1. The van der Waals surface area contributed by atoms with Gasteiger partial charge in [0.1, 0.15) is 6.04 Å². The molecule has 0 aliphatic heterocycles. The zero-order valence-corrected chi connectivity index (χ0v) is 16.3. The van der Waals surface area contributed by atoms with Crippen molar-refractivity contribution in [3.8, 4) is 0 Å². The van der Waals surface area contributed by atoms with Crippen LogP contribution in [0.5, 0.6) is 0 Å². The molecular weight excluding hydrogens is 443 g/mol. The molecule has 0 saturated heterocycles. The summed E-state index contributed by atoms with van der Waals surface area (Å²) in [6.45, 7) is 0. The number of halogens is 1. The van der Waals surface area contributed by atoms with Crippen LogP contribution >= 0.6 is 22.6 Å². The first kappa shape index (κ1) is 18.3. The first-order chi connectivity index (χ1) is 12.6. The van der Waals surface area contributed by atoms with Crippen LogP contribution in [0.2, 0.25) is 0 Å². The molecule has 0 saturated carbocycles. The lowest BCUT2D eigenvalue weighted by atomic mass is 10.0. The number of methoxy groups -OCH3 is 1. The van der Waals surface area contributed by atoms with Crippen molar-refractivity contribution < 1.29 is 14.3 Å². The van der Waals surface area contributed by atoms with Crippen LogP contribution in [-0.4, -0.2) is 30.0 Å². The highest BCUT2D eigenvalue weighted by atomic mass is 127. The van der Waals surface area contributed by atoms with Gasteiger partial charge in [-0.05, 0) is 52.4 Å². The van der Waals surface area contributed by atoms with Crippen molar-refractivity contribution in [1.82, 2.24) is 10.3 Å². The zero-order valence-electron chi connectivity index (χ0n) is 14.1. The molecule has 1 heterocycles. The fourth-order valence-electron chi connectivity index (χ4n) is 2.76. The molecule has 1 aromatic heterocycles. The number of rotatable bonds is 5. The molecule has 1 N–H and O–H groups in total. The van der Waals surface area contributed by atoms with Crippen molar-refractivity contribution >= 4 is 45.4 Å². The summed E-state index contributed by atoms with van der Waals surface area (Å²) in [6, 6.07) is 16.1. The number of para-hydroxylation sites is 1. The molecule has 6 heteroatoms. The van der Waals surface area contributed by atoms with Crippen LogP contribution in [0.4, 0.5) is 0 Å². The van der Waals surface area contributed by atoms with Gasteiger partial charge in [0, 0.05) is 21.6 Å². The molecule has 0 unspecified atom stereocenters. The summed E-state index contributed by atoms with van der Waals surface area (Å²) in [6.07, 6.45) is 2.00. The average molecular weight is 460 g/mol. The smallest absolute Gasteiger partial charge is 0.328 e. The molecule has 0 fully saturated rings. The minimum atomic E-state index is -0.773. The van der Waals surface area contributed by atoms with Gasteiger partial charge in [-0.3, -0.25) is 9.78 Å².